The molecule has 0 saturated carbocycles. The Morgan fingerprint density at radius 2 is 1.18 bits per heavy atom. The maximum absolute atomic E-state index is 6.30. The minimum Gasteiger partial charge on any atom is -0.0840 e. The number of aryl methyl sites for hydroxylation is 3. The van der Waals surface area contributed by atoms with E-state index < -0.39 is 0 Å². The molecule has 0 N–H and O–H groups in total. The van der Waals surface area contributed by atoms with Gasteiger partial charge in [0.15, 0.2) is 0 Å². The highest BCUT2D eigenvalue weighted by Crippen LogP contribution is 2.32. The third kappa shape index (κ3) is 2.80. The fourth-order valence-electron chi connectivity index (χ4n) is 2.76. The molecule has 0 aliphatic rings. The molecule has 1 heteroatoms. The van der Waals surface area contributed by atoms with Crippen LogP contribution in [-0.2, 0) is 0 Å². The van der Waals surface area contributed by atoms with Crippen molar-refractivity contribution in [2.75, 3.05) is 0 Å². The van der Waals surface area contributed by atoms with Crippen molar-refractivity contribution in [2.24, 2.45) is 0 Å². The zero-order chi connectivity index (χ0) is 15.7. The zero-order valence-electron chi connectivity index (χ0n) is 13.2. The molecule has 0 bridgehead atoms. The van der Waals surface area contributed by atoms with Gasteiger partial charge in [0.05, 0.1) is 0 Å². The van der Waals surface area contributed by atoms with E-state index in [9.17, 15) is 0 Å². The second-order valence-corrected chi connectivity index (χ2v) is 6.22. The summed E-state index contributed by atoms with van der Waals surface area (Å²) in [5.74, 6) is 0. The van der Waals surface area contributed by atoms with Crippen LogP contribution in [0.4, 0.5) is 0 Å². The van der Waals surface area contributed by atoms with Gasteiger partial charge in [-0.2, -0.15) is 0 Å². The highest BCUT2D eigenvalue weighted by molar-refractivity contribution is 6.31. The van der Waals surface area contributed by atoms with Crippen molar-refractivity contribution in [3.05, 3.63) is 82.4 Å². The van der Waals surface area contributed by atoms with E-state index in [1.165, 1.54) is 33.4 Å². The molecular weight excluding hydrogens is 288 g/mol. The first-order valence-corrected chi connectivity index (χ1v) is 7.87. The third-order valence-electron chi connectivity index (χ3n) is 4.18. The number of hydrogen-bond acceptors (Lipinski definition) is 0. The van der Waals surface area contributed by atoms with Crippen LogP contribution in [0.5, 0.6) is 0 Å². The molecule has 0 saturated heterocycles. The van der Waals surface area contributed by atoms with Gasteiger partial charge in [-0.3, -0.25) is 0 Å². The van der Waals surface area contributed by atoms with Gasteiger partial charge in [0.2, 0.25) is 0 Å². The summed E-state index contributed by atoms with van der Waals surface area (Å²) in [7, 11) is 0. The first kappa shape index (κ1) is 14.9. The quantitative estimate of drug-likeness (QED) is 0.500. The lowest BCUT2D eigenvalue weighted by molar-refractivity contribution is 1.41. The minimum absolute atomic E-state index is 0.818. The van der Waals surface area contributed by atoms with E-state index in [0.717, 1.165) is 10.6 Å². The van der Waals surface area contributed by atoms with Gasteiger partial charge in [-0.25, -0.2) is 0 Å². The largest absolute Gasteiger partial charge is 0.0840 e. The van der Waals surface area contributed by atoms with Crippen LogP contribution in [-0.4, -0.2) is 0 Å². The Morgan fingerprint density at radius 1 is 0.591 bits per heavy atom. The van der Waals surface area contributed by atoms with Crippen LogP contribution in [0.1, 0.15) is 16.7 Å². The van der Waals surface area contributed by atoms with Crippen LogP contribution < -0.4 is 0 Å². The molecule has 0 radical (unpaired) electrons. The average Bonchev–Trinajstić information content (AvgIpc) is 2.51. The SMILES string of the molecule is Cc1ccc(-c2cc(-c3ccccc3C)ccc2C)cc1Cl. The van der Waals surface area contributed by atoms with Crippen molar-refractivity contribution in [2.45, 2.75) is 20.8 Å². The first-order chi connectivity index (χ1) is 10.6. The molecule has 0 aliphatic heterocycles. The molecule has 0 aromatic heterocycles. The predicted molar refractivity (Wildman–Crippen MR) is 96.5 cm³/mol. The minimum atomic E-state index is 0.818. The summed E-state index contributed by atoms with van der Waals surface area (Å²) in [4.78, 5) is 0. The summed E-state index contributed by atoms with van der Waals surface area (Å²) in [6, 6.07) is 21.4. The molecule has 0 atom stereocenters. The van der Waals surface area contributed by atoms with Gasteiger partial charge in [0, 0.05) is 5.02 Å². The average molecular weight is 307 g/mol. The first-order valence-electron chi connectivity index (χ1n) is 7.49. The lowest BCUT2D eigenvalue weighted by Crippen LogP contribution is -1.88. The van der Waals surface area contributed by atoms with Gasteiger partial charge in [-0.15, -0.1) is 0 Å². The third-order valence-corrected chi connectivity index (χ3v) is 4.58. The second kappa shape index (κ2) is 5.98. The van der Waals surface area contributed by atoms with Crippen molar-refractivity contribution in [3.63, 3.8) is 0 Å². The summed E-state index contributed by atoms with van der Waals surface area (Å²) in [6.07, 6.45) is 0. The number of hydrogen-bond donors (Lipinski definition) is 0. The monoisotopic (exact) mass is 306 g/mol. The van der Waals surface area contributed by atoms with E-state index in [2.05, 4.69) is 74.5 Å². The van der Waals surface area contributed by atoms with Crippen LogP contribution in [0.15, 0.2) is 60.7 Å². The Bertz CT molecular complexity index is 831. The summed E-state index contributed by atoms with van der Waals surface area (Å²) in [6.45, 7) is 6.32. The number of benzene rings is 3. The highest BCUT2D eigenvalue weighted by atomic mass is 35.5. The van der Waals surface area contributed by atoms with Gasteiger partial charge in [-0.1, -0.05) is 60.1 Å². The molecule has 22 heavy (non-hydrogen) atoms. The smallest absolute Gasteiger partial charge is 0.0441 e. The highest BCUT2D eigenvalue weighted by Gasteiger charge is 2.08. The lowest BCUT2D eigenvalue weighted by Gasteiger charge is -2.12. The summed E-state index contributed by atoms with van der Waals surface area (Å²) >= 11 is 6.30. The predicted octanol–water partition coefficient (Wildman–Crippen LogP) is 6.60. The molecule has 110 valence electrons. The molecular formula is C21H19Cl. The van der Waals surface area contributed by atoms with E-state index in [4.69, 9.17) is 11.6 Å². The lowest BCUT2D eigenvalue weighted by atomic mass is 9.93. The topological polar surface area (TPSA) is 0 Å². The molecule has 3 aromatic carbocycles. The Balaban J connectivity index is 2.15. The molecule has 3 rings (SSSR count). The molecule has 0 unspecified atom stereocenters. The van der Waals surface area contributed by atoms with Crippen LogP contribution in [0.3, 0.4) is 0 Å². The molecule has 3 aromatic rings. The number of halogens is 1. The summed E-state index contributed by atoms with van der Waals surface area (Å²) < 4.78 is 0. The Morgan fingerprint density at radius 3 is 1.86 bits per heavy atom. The molecule has 0 spiro atoms. The van der Waals surface area contributed by atoms with Crippen LogP contribution in [0, 0.1) is 20.8 Å². The molecule has 0 nitrogen and oxygen atoms in total. The van der Waals surface area contributed by atoms with Gasteiger partial charge >= 0.3 is 0 Å². The molecule has 0 aliphatic carbocycles. The van der Waals surface area contributed by atoms with Crippen LogP contribution >= 0.6 is 11.6 Å². The molecule has 0 fully saturated rings. The van der Waals surface area contributed by atoms with Crippen molar-refractivity contribution >= 4 is 11.6 Å². The van der Waals surface area contributed by atoms with E-state index in [0.29, 0.717) is 0 Å². The normalized spacial score (nSPS) is 10.7. The van der Waals surface area contributed by atoms with E-state index in [-0.39, 0.29) is 0 Å². The van der Waals surface area contributed by atoms with Crippen LogP contribution in [0.25, 0.3) is 22.3 Å². The van der Waals surface area contributed by atoms with Gasteiger partial charge < -0.3 is 0 Å². The fourth-order valence-corrected chi connectivity index (χ4v) is 2.94. The maximum Gasteiger partial charge on any atom is 0.0441 e. The zero-order valence-corrected chi connectivity index (χ0v) is 13.9. The fraction of sp³-hybridized carbons (Fsp3) is 0.143. The summed E-state index contributed by atoms with van der Waals surface area (Å²) in [5, 5.41) is 0.818. The Kier molecular flexibility index (Phi) is 4.04. The Hall–Kier alpha value is -2.05. The molecule has 0 heterocycles. The van der Waals surface area contributed by atoms with Crippen molar-refractivity contribution in [1.29, 1.82) is 0 Å². The Labute approximate surface area is 137 Å². The van der Waals surface area contributed by atoms with Crippen LogP contribution in [0.2, 0.25) is 5.02 Å². The van der Waals surface area contributed by atoms with Crippen molar-refractivity contribution in [3.8, 4) is 22.3 Å². The van der Waals surface area contributed by atoms with Gasteiger partial charge in [0.25, 0.3) is 0 Å². The van der Waals surface area contributed by atoms with Gasteiger partial charge in [0.1, 0.15) is 0 Å². The number of rotatable bonds is 2. The van der Waals surface area contributed by atoms with E-state index in [1.807, 2.05) is 6.92 Å². The molecule has 0 amide bonds. The van der Waals surface area contributed by atoms with Crippen molar-refractivity contribution < 1.29 is 0 Å². The second-order valence-electron chi connectivity index (χ2n) is 5.81. The van der Waals surface area contributed by atoms with Gasteiger partial charge in [-0.05, 0) is 71.8 Å². The maximum atomic E-state index is 6.30. The van der Waals surface area contributed by atoms with E-state index >= 15 is 0 Å². The van der Waals surface area contributed by atoms with E-state index in [1.54, 1.807) is 0 Å². The summed E-state index contributed by atoms with van der Waals surface area (Å²) in [5.41, 5.74) is 8.60. The standard InChI is InChI=1S/C21H19Cl/c1-14-6-4-5-7-19(14)17-10-8-15(2)20(12-17)18-11-9-16(3)21(22)13-18/h4-13H,1-3H3. The van der Waals surface area contributed by atoms with Crippen molar-refractivity contribution in [1.82, 2.24) is 0 Å².